The van der Waals surface area contributed by atoms with E-state index in [4.69, 9.17) is 0 Å². The van der Waals surface area contributed by atoms with Crippen LogP contribution in [0.15, 0.2) is 48.8 Å². The van der Waals surface area contributed by atoms with Crippen molar-refractivity contribution in [3.05, 3.63) is 59.9 Å². The number of nitrogens with one attached hydrogen (secondary N) is 1. The average Bonchev–Trinajstić information content (AvgIpc) is 2.58. The van der Waals surface area contributed by atoms with Gasteiger partial charge in [-0.2, -0.15) is 0 Å². The van der Waals surface area contributed by atoms with Crippen LogP contribution in [0.4, 0.5) is 10.5 Å². The van der Waals surface area contributed by atoms with Gasteiger partial charge in [-0.1, -0.05) is 24.3 Å². The highest BCUT2D eigenvalue weighted by atomic mass is 16.3. The number of piperidine rings is 1. The number of aryl methyl sites for hydroxylation is 1. The van der Waals surface area contributed by atoms with Gasteiger partial charge >= 0.3 is 6.03 Å². The number of carbonyl (C=O) groups excluding carboxylic acids is 1. The summed E-state index contributed by atoms with van der Waals surface area (Å²) in [4.78, 5) is 18.2. The Hall–Kier alpha value is -2.40. The number of rotatable bonds is 2. The number of anilines is 1. The van der Waals surface area contributed by atoms with Crippen LogP contribution in [0.2, 0.25) is 0 Å². The molecule has 1 aliphatic rings. The maximum atomic E-state index is 12.4. The third kappa shape index (κ3) is 3.35. The quantitative estimate of drug-likeness (QED) is 0.896. The van der Waals surface area contributed by atoms with Crippen molar-refractivity contribution < 1.29 is 9.90 Å². The van der Waals surface area contributed by atoms with E-state index in [1.165, 1.54) is 0 Å². The second kappa shape index (κ2) is 6.38. The Bertz CT molecular complexity index is 680. The highest BCUT2D eigenvalue weighted by Gasteiger charge is 2.35. The van der Waals surface area contributed by atoms with Crippen molar-refractivity contribution in [3.63, 3.8) is 0 Å². The lowest BCUT2D eigenvalue weighted by Crippen LogP contribution is -2.46. The number of likely N-dealkylation sites (tertiary alicyclic amines) is 1. The van der Waals surface area contributed by atoms with Gasteiger partial charge in [0.2, 0.25) is 0 Å². The fraction of sp³-hybridized carbons (Fsp3) is 0.333. The summed E-state index contributed by atoms with van der Waals surface area (Å²) in [5.41, 5.74) is 1.78. The van der Waals surface area contributed by atoms with Crippen molar-refractivity contribution in [1.82, 2.24) is 9.88 Å². The summed E-state index contributed by atoms with van der Waals surface area (Å²) in [7, 11) is 0. The molecule has 0 atom stereocenters. The fourth-order valence-corrected chi connectivity index (χ4v) is 2.91. The molecule has 120 valence electrons. The van der Waals surface area contributed by atoms with Crippen molar-refractivity contribution in [3.8, 4) is 0 Å². The first kappa shape index (κ1) is 15.5. The Morgan fingerprint density at radius 3 is 2.61 bits per heavy atom. The van der Waals surface area contributed by atoms with Gasteiger partial charge in [-0.3, -0.25) is 4.98 Å². The second-order valence-corrected chi connectivity index (χ2v) is 6.01. The number of benzene rings is 1. The van der Waals surface area contributed by atoms with Gasteiger partial charge in [0.25, 0.3) is 0 Å². The summed E-state index contributed by atoms with van der Waals surface area (Å²) in [6.07, 6.45) is 4.42. The molecule has 1 aromatic carbocycles. The first-order valence-electron chi connectivity index (χ1n) is 7.83. The number of hydrogen-bond acceptors (Lipinski definition) is 3. The van der Waals surface area contributed by atoms with E-state index in [2.05, 4.69) is 10.3 Å². The summed E-state index contributed by atoms with van der Waals surface area (Å²) >= 11 is 0. The van der Waals surface area contributed by atoms with Gasteiger partial charge in [0, 0.05) is 36.7 Å². The predicted molar refractivity (Wildman–Crippen MR) is 89.1 cm³/mol. The number of aliphatic hydroxyl groups is 1. The largest absolute Gasteiger partial charge is 0.385 e. The summed E-state index contributed by atoms with van der Waals surface area (Å²) in [6, 6.07) is 11.3. The molecule has 3 rings (SSSR count). The zero-order valence-electron chi connectivity index (χ0n) is 13.2. The van der Waals surface area contributed by atoms with E-state index in [0.717, 1.165) is 16.8 Å². The topological polar surface area (TPSA) is 65.5 Å². The van der Waals surface area contributed by atoms with Crippen LogP contribution >= 0.6 is 0 Å². The van der Waals surface area contributed by atoms with Crippen molar-refractivity contribution in [2.75, 3.05) is 18.4 Å². The Balaban J connectivity index is 1.63. The zero-order chi connectivity index (χ0) is 16.3. The summed E-state index contributed by atoms with van der Waals surface area (Å²) in [5.74, 6) is 0. The highest BCUT2D eigenvalue weighted by molar-refractivity contribution is 5.90. The van der Waals surface area contributed by atoms with Crippen molar-refractivity contribution in [1.29, 1.82) is 0 Å². The van der Waals surface area contributed by atoms with Crippen LogP contribution in [0.25, 0.3) is 0 Å². The number of aromatic nitrogens is 1. The molecule has 5 nitrogen and oxygen atoms in total. The van der Waals surface area contributed by atoms with E-state index < -0.39 is 5.60 Å². The molecular weight excluding hydrogens is 290 g/mol. The zero-order valence-corrected chi connectivity index (χ0v) is 13.2. The molecule has 1 saturated heterocycles. The molecule has 0 radical (unpaired) electrons. The minimum atomic E-state index is -0.895. The number of carbonyl (C=O) groups is 1. The van der Waals surface area contributed by atoms with E-state index in [1.54, 1.807) is 17.3 Å². The first-order valence-corrected chi connectivity index (χ1v) is 7.83. The second-order valence-electron chi connectivity index (χ2n) is 6.01. The Morgan fingerprint density at radius 1 is 1.22 bits per heavy atom. The lowest BCUT2D eigenvalue weighted by molar-refractivity contribution is -0.0159. The monoisotopic (exact) mass is 311 g/mol. The van der Waals surface area contributed by atoms with E-state index in [1.807, 2.05) is 43.3 Å². The molecule has 2 heterocycles. The Labute approximate surface area is 136 Å². The number of nitrogens with zero attached hydrogens (tertiary/aromatic N) is 2. The molecule has 0 spiro atoms. The summed E-state index contributed by atoms with van der Waals surface area (Å²) < 4.78 is 0. The number of pyridine rings is 1. The molecule has 1 aliphatic heterocycles. The third-order valence-electron chi connectivity index (χ3n) is 4.46. The van der Waals surface area contributed by atoms with Crippen LogP contribution in [0.3, 0.4) is 0 Å². The Morgan fingerprint density at radius 2 is 1.96 bits per heavy atom. The minimum absolute atomic E-state index is 0.118. The normalized spacial score (nSPS) is 16.9. The molecule has 0 saturated carbocycles. The predicted octanol–water partition coefficient (Wildman–Crippen LogP) is 2.91. The van der Waals surface area contributed by atoms with Crippen molar-refractivity contribution in [2.24, 2.45) is 0 Å². The molecule has 5 heteroatoms. The number of amides is 2. The summed E-state index contributed by atoms with van der Waals surface area (Å²) in [5, 5.41) is 13.7. The maximum Gasteiger partial charge on any atom is 0.321 e. The molecule has 2 N–H and O–H groups in total. The molecule has 1 fully saturated rings. The Kier molecular flexibility index (Phi) is 4.30. The maximum absolute atomic E-state index is 12.4. The molecule has 2 aromatic rings. The van der Waals surface area contributed by atoms with E-state index >= 15 is 0 Å². The van der Waals surface area contributed by atoms with Gasteiger partial charge < -0.3 is 15.3 Å². The van der Waals surface area contributed by atoms with Crippen molar-refractivity contribution in [2.45, 2.75) is 25.4 Å². The SMILES string of the molecule is Cc1ccccc1NC(=O)N1CCC(O)(c2cccnc2)CC1. The lowest BCUT2D eigenvalue weighted by Gasteiger charge is -2.38. The smallest absolute Gasteiger partial charge is 0.321 e. The van der Waals surface area contributed by atoms with E-state index in [0.29, 0.717) is 25.9 Å². The average molecular weight is 311 g/mol. The fourth-order valence-electron chi connectivity index (χ4n) is 2.91. The van der Waals surface area contributed by atoms with Gasteiger partial charge in [-0.15, -0.1) is 0 Å². The van der Waals surface area contributed by atoms with Crippen LogP contribution in [-0.4, -0.2) is 34.1 Å². The number of urea groups is 1. The third-order valence-corrected chi connectivity index (χ3v) is 4.46. The molecule has 0 unspecified atom stereocenters. The number of hydrogen-bond donors (Lipinski definition) is 2. The lowest BCUT2D eigenvalue weighted by atomic mass is 9.85. The van der Waals surface area contributed by atoms with Crippen LogP contribution in [0.1, 0.15) is 24.0 Å². The molecule has 23 heavy (non-hydrogen) atoms. The summed E-state index contributed by atoms with van der Waals surface area (Å²) in [6.45, 7) is 3.00. The molecule has 1 aromatic heterocycles. The van der Waals surface area contributed by atoms with Gasteiger partial charge in [-0.25, -0.2) is 4.79 Å². The molecular formula is C18H21N3O2. The minimum Gasteiger partial charge on any atom is -0.385 e. The van der Waals surface area contributed by atoms with Gasteiger partial charge in [-0.05, 0) is 37.5 Å². The van der Waals surface area contributed by atoms with E-state index in [9.17, 15) is 9.90 Å². The molecule has 0 aliphatic carbocycles. The van der Waals surface area contributed by atoms with Gasteiger partial charge in [0.1, 0.15) is 0 Å². The number of para-hydroxylation sites is 1. The standard InChI is InChI=1S/C18H21N3O2/c1-14-5-2-3-7-16(14)20-17(22)21-11-8-18(23,9-12-21)15-6-4-10-19-13-15/h2-7,10,13,23H,8-9,11-12H2,1H3,(H,20,22). The van der Waals surface area contributed by atoms with Gasteiger partial charge in [0.15, 0.2) is 0 Å². The molecule has 0 bridgehead atoms. The van der Waals surface area contributed by atoms with Crippen LogP contribution in [0.5, 0.6) is 0 Å². The molecule has 2 amide bonds. The van der Waals surface area contributed by atoms with Crippen LogP contribution in [0, 0.1) is 6.92 Å². The van der Waals surface area contributed by atoms with Crippen LogP contribution in [-0.2, 0) is 5.60 Å². The van der Waals surface area contributed by atoms with Gasteiger partial charge in [0.05, 0.1) is 5.60 Å². The van der Waals surface area contributed by atoms with Crippen molar-refractivity contribution >= 4 is 11.7 Å². The van der Waals surface area contributed by atoms with E-state index in [-0.39, 0.29) is 6.03 Å². The first-order chi connectivity index (χ1) is 11.1. The highest BCUT2D eigenvalue weighted by Crippen LogP contribution is 2.32. The van der Waals surface area contributed by atoms with Crippen LogP contribution < -0.4 is 5.32 Å².